The number of rotatable bonds is 8. The van der Waals surface area contributed by atoms with Crippen LogP contribution in [0, 0.1) is 11.6 Å². The van der Waals surface area contributed by atoms with E-state index in [0.717, 1.165) is 40.7 Å². The number of methoxy groups -OCH3 is 1. The second-order valence-electron chi connectivity index (χ2n) is 7.66. The lowest BCUT2D eigenvalue weighted by atomic mass is 9.98. The van der Waals surface area contributed by atoms with Crippen LogP contribution in [-0.2, 0) is 37.0 Å². The molecule has 1 heterocycles. The van der Waals surface area contributed by atoms with Gasteiger partial charge in [0.05, 0.1) is 6.61 Å². The summed E-state index contributed by atoms with van der Waals surface area (Å²) in [6.45, 7) is 0.502. The van der Waals surface area contributed by atoms with Crippen LogP contribution < -0.4 is 0 Å². The molecule has 0 amide bonds. The molecule has 4 aromatic rings. The van der Waals surface area contributed by atoms with E-state index in [1.165, 1.54) is 12.1 Å². The van der Waals surface area contributed by atoms with E-state index in [1.807, 2.05) is 30.3 Å². The monoisotopic (exact) mass is 418 g/mol. The summed E-state index contributed by atoms with van der Waals surface area (Å²) in [6, 6.07) is 16.0. The third kappa shape index (κ3) is 5.30. The molecule has 4 rings (SSSR count). The van der Waals surface area contributed by atoms with Gasteiger partial charge in [-0.2, -0.15) is 0 Å². The van der Waals surface area contributed by atoms with Gasteiger partial charge in [-0.25, -0.2) is 18.7 Å². The summed E-state index contributed by atoms with van der Waals surface area (Å²) in [5.41, 5.74) is 3.74. The molecule has 158 valence electrons. The van der Waals surface area contributed by atoms with Crippen molar-refractivity contribution in [3.63, 3.8) is 0 Å². The number of nitrogens with zero attached hydrogens (tertiary/aromatic N) is 2. The zero-order valence-electron chi connectivity index (χ0n) is 17.4. The van der Waals surface area contributed by atoms with Gasteiger partial charge in [-0.05, 0) is 53.5 Å². The van der Waals surface area contributed by atoms with Crippen molar-refractivity contribution in [3.8, 4) is 0 Å². The van der Waals surface area contributed by atoms with Gasteiger partial charge in [0.2, 0.25) is 0 Å². The Bertz CT molecular complexity index is 1160. The van der Waals surface area contributed by atoms with Gasteiger partial charge in [0, 0.05) is 36.9 Å². The minimum Gasteiger partial charge on any atom is -0.380 e. The number of halogens is 2. The van der Waals surface area contributed by atoms with Crippen LogP contribution in [0.3, 0.4) is 0 Å². The Hall–Kier alpha value is -3.18. The van der Waals surface area contributed by atoms with E-state index < -0.39 is 0 Å². The van der Waals surface area contributed by atoms with Crippen molar-refractivity contribution >= 4 is 10.8 Å². The van der Waals surface area contributed by atoms with Gasteiger partial charge in [-0.15, -0.1) is 0 Å². The molecule has 0 spiro atoms. The van der Waals surface area contributed by atoms with E-state index >= 15 is 4.39 Å². The first kappa shape index (κ1) is 21.1. The van der Waals surface area contributed by atoms with Crippen LogP contribution in [0.25, 0.3) is 10.8 Å². The molecule has 1 aromatic heterocycles. The first-order valence-corrected chi connectivity index (χ1v) is 10.4. The first-order chi connectivity index (χ1) is 15.1. The molecule has 0 saturated heterocycles. The maximum absolute atomic E-state index is 15.0. The van der Waals surface area contributed by atoms with E-state index in [9.17, 15) is 4.39 Å². The van der Waals surface area contributed by atoms with Gasteiger partial charge in [0.25, 0.3) is 0 Å². The number of ether oxygens (including phenoxy) is 1. The predicted molar refractivity (Wildman–Crippen MR) is 118 cm³/mol. The molecule has 0 N–H and O–H groups in total. The summed E-state index contributed by atoms with van der Waals surface area (Å²) < 4.78 is 33.1. The molecule has 0 atom stereocenters. The van der Waals surface area contributed by atoms with E-state index in [0.29, 0.717) is 30.4 Å². The molecular weight excluding hydrogens is 394 g/mol. The molecule has 31 heavy (non-hydrogen) atoms. The van der Waals surface area contributed by atoms with Crippen molar-refractivity contribution in [1.82, 2.24) is 9.97 Å². The van der Waals surface area contributed by atoms with Crippen LogP contribution in [0.1, 0.15) is 28.1 Å². The van der Waals surface area contributed by atoms with E-state index in [1.54, 1.807) is 31.6 Å². The Kier molecular flexibility index (Phi) is 6.63. The Morgan fingerprint density at radius 3 is 2.19 bits per heavy atom. The molecule has 5 heteroatoms. The van der Waals surface area contributed by atoms with Gasteiger partial charge in [-0.3, -0.25) is 0 Å². The first-order valence-electron chi connectivity index (χ1n) is 10.4. The van der Waals surface area contributed by atoms with Crippen molar-refractivity contribution in [1.29, 1.82) is 0 Å². The van der Waals surface area contributed by atoms with Crippen LogP contribution in [0.5, 0.6) is 0 Å². The fourth-order valence-corrected chi connectivity index (χ4v) is 3.67. The van der Waals surface area contributed by atoms with Gasteiger partial charge < -0.3 is 4.74 Å². The number of fused-ring (bicyclic) bond motifs is 1. The summed E-state index contributed by atoms with van der Waals surface area (Å²) in [5.74, 6) is 0.344. The van der Waals surface area contributed by atoms with Crippen molar-refractivity contribution in [2.75, 3.05) is 7.11 Å². The summed E-state index contributed by atoms with van der Waals surface area (Å²) in [4.78, 5) is 8.76. The molecule has 0 bridgehead atoms. The third-order valence-electron chi connectivity index (χ3n) is 5.40. The maximum Gasteiger partial charge on any atom is 0.134 e. The molecule has 3 aromatic carbocycles. The lowest BCUT2D eigenvalue weighted by molar-refractivity contribution is 0.184. The van der Waals surface area contributed by atoms with E-state index in [4.69, 9.17) is 4.74 Å². The van der Waals surface area contributed by atoms with Crippen molar-refractivity contribution in [3.05, 3.63) is 107 Å². The fraction of sp³-hybridized carbons (Fsp3) is 0.231. The number of hydrogen-bond acceptors (Lipinski definition) is 3. The molecule has 0 aliphatic carbocycles. The van der Waals surface area contributed by atoms with Crippen LogP contribution >= 0.6 is 0 Å². The van der Waals surface area contributed by atoms with E-state index in [2.05, 4.69) is 9.97 Å². The third-order valence-corrected chi connectivity index (χ3v) is 5.40. The fourth-order valence-electron chi connectivity index (χ4n) is 3.67. The summed E-state index contributed by atoms with van der Waals surface area (Å²) in [6.07, 6.45) is 6.32. The van der Waals surface area contributed by atoms with Crippen LogP contribution in [0.4, 0.5) is 8.78 Å². The molecule has 3 nitrogen and oxygen atoms in total. The smallest absolute Gasteiger partial charge is 0.134 e. The number of benzene rings is 3. The number of aromatic nitrogens is 2. The highest BCUT2D eigenvalue weighted by molar-refractivity contribution is 5.84. The maximum atomic E-state index is 15.0. The molecule has 0 fully saturated rings. The Morgan fingerprint density at radius 2 is 1.45 bits per heavy atom. The van der Waals surface area contributed by atoms with Crippen LogP contribution in [0.2, 0.25) is 0 Å². The normalized spacial score (nSPS) is 11.2. The minimum absolute atomic E-state index is 0.178. The van der Waals surface area contributed by atoms with Gasteiger partial charge >= 0.3 is 0 Å². The summed E-state index contributed by atoms with van der Waals surface area (Å²) >= 11 is 0. The standard InChI is InChI=1S/C26H24F2N2O/c1-31-17-20-15-29-25(30-16-20)13-6-19-5-12-24-22(14-19)9-8-21(26(24)28)7-2-18-3-10-23(27)11-4-18/h3-5,8-12,14-16H,2,6-7,13,17H2,1H3. The second kappa shape index (κ2) is 9.75. The molecule has 0 unspecified atom stereocenters. The zero-order valence-corrected chi connectivity index (χ0v) is 17.4. The lowest BCUT2D eigenvalue weighted by Gasteiger charge is -2.09. The minimum atomic E-state index is -0.258. The lowest BCUT2D eigenvalue weighted by Crippen LogP contribution is -2.00. The summed E-state index contributed by atoms with van der Waals surface area (Å²) in [7, 11) is 1.64. The molecule has 0 aliphatic rings. The van der Waals surface area contributed by atoms with Crippen LogP contribution in [-0.4, -0.2) is 17.1 Å². The van der Waals surface area contributed by atoms with Crippen molar-refractivity contribution in [2.24, 2.45) is 0 Å². The number of aryl methyl sites for hydroxylation is 4. The van der Waals surface area contributed by atoms with Gasteiger partial charge in [-0.1, -0.05) is 42.5 Å². The molecule has 0 saturated carbocycles. The highest BCUT2D eigenvalue weighted by atomic mass is 19.1. The topological polar surface area (TPSA) is 35.0 Å². The quantitative estimate of drug-likeness (QED) is 0.372. The predicted octanol–water partition coefficient (Wildman–Crippen LogP) is 5.62. The van der Waals surface area contributed by atoms with Gasteiger partial charge in [0.1, 0.15) is 17.5 Å². The highest BCUT2D eigenvalue weighted by Gasteiger charge is 2.09. The number of hydrogen-bond donors (Lipinski definition) is 0. The van der Waals surface area contributed by atoms with Crippen molar-refractivity contribution < 1.29 is 13.5 Å². The second-order valence-corrected chi connectivity index (χ2v) is 7.66. The Morgan fingerprint density at radius 1 is 0.742 bits per heavy atom. The molecule has 0 radical (unpaired) electrons. The Labute approximate surface area is 180 Å². The Balaban J connectivity index is 1.43. The largest absolute Gasteiger partial charge is 0.380 e. The van der Waals surface area contributed by atoms with Gasteiger partial charge in [0.15, 0.2) is 0 Å². The zero-order chi connectivity index (χ0) is 21.6. The average Bonchev–Trinajstić information content (AvgIpc) is 2.79. The summed E-state index contributed by atoms with van der Waals surface area (Å²) in [5, 5.41) is 1.51. The molecule has 0 aliphatic heterocycles. The van der Waals surface area contributed by atoms with Crippen molar-refractivity contribution in [2.45, 2.75) is 32.3 Å². The van der Waals surface area contributed by atoms with E-state index in [-0.39, 0.29) is 11.6 Å². The highest BCUT2D eigenvalue weighted by Crippen LogP contribution is 2.24. The van der Waals surface area contributed by atoms with Crippen LogP contribution in [0.15, 0.2) is 67.0 Å². The SMILES string of the molecule is COCc1cnc(CCc2ccc3c(F)c(CCc4ccc(F)cc4)ccc3c2)nc1. The average molecular weight is 418 g/mol. The molecular formula is C26H24F2N2O.